The average molecular weight is 167 g/mol. The number of hydrogen-bond donors (Lipinski definition) is 0. The van der Waals surface area contributed by atoms with Gasteiger partial charge in [-0.2, -0.15) is 0 Å². The van der Waals surface area contributed by atoms with E-state index in [-0.39, 0.29) is 0 Å². The number of allylic oxidation sites excluding steroid dienone is 2. The van der Waals surface area contributed by atoms with E-state index in [9.17, 15) is 0 Å². The zero-order chi connectivity index (χ0) is 9.40. The summed E-state index contributed by atoms with van der Waals surface area (Å²) >= 11 is 0. The van der Waals surface area contributed by atoms with Gasteiger partial charge in [-0.3, -0.25) is 0 Å². The van der Waals surface area contributed by atoms with Gasteiger partial charge in [-0.05, 0) is 45.4 Å². The third kappa shape index (κ3) is 7.84. The third-order valence-electron chi connectivity index (χ3n) is 2.07. The van der Waals surface area contributed by atoms with Gasteiger partial charge in [0, 0.05) is 0 Å². The molecule has 0 aliphatic rings. The topological polar surface area (TPSA) is 0 Å². The maximum Gasteiger partial charge on any atom is -0.0346 e. The molecule has 1 atom stereocenters. The molecule has 0 aromatic carbocycles. The van der Waals surface area contributed by atoms with Crippen LogP contribution in [0, 0.1) is 12.3 Å². The van der Waals surface area contributed by atoms with Crippen molar-refractivity contribution in [2.75, 3.05) is 0 Å². The second-order valence-corrected chi connectivity index (χ2v) is 3.90. The van der Waals surface area contributed by atoms with E-state index in [1.54, 1.807) is 0 Å². The fourth-order valence-corrected chi connectivity index (χ4v) is 1.23. The quantitative estimate of drug-likeness (QED) is 0.515. The highest BCUT2D eigenvalue weighted by Gasteiger charge is 1.99. The van der Waals surface area contributed by atoms with Crippen molar-refractivity contribution in [3.8, 4) is 0 Å². The first-order valence-electron chi connectivity index (χ1n) is 5.11. The second-order valence-electron chi connectivity index (χ2n) is 3.90. The van der Waals surface area contributed by atoms with Crippen LogP contribution in [0.1, 0.15) is 53.4 Å². The lowest BCUT2D eigenvalue weighted by Gasteiger charge is -2.07. The van der Waals surface area contributed by atoms with Crippen LogP contribution in [-0.4, -0.2) is 0 Å². The molecule has 0 fully saturated rings. The summed E-state index contributed by atoms with van der Waals surface area (Å²) in [5.74, 6) is 0.862. The molecule has 0 aromatic rings. The van der Waals surface area contributed by atoms with E-state index in [4.69, 9.17) is 0 Å². The third-order valence-corrected chi connectivity index (χ3v) is 2.07. The lowest BCUT2D eigenvalue weighted by molar-refractivity contribution is 0.524. The van der Waals surface area contributed by atoms with Gasteiger partial charge in [0.15, 0.2) is 0 Å². The van der Waals surface area contributed by atoms with Crippen molar-refractivity contribution in [3.05, 3.63) is 18.1 Å². The summed E-state index contributed by atoms with van der Waals surface area (Å²) < 4.78 is 0. The Hall–Kier alpha value is -0.260. The Morgan fingerprint density at radius 2 is 2.00 bits per heavy atom. The highest BCUT2D eigenvalue weighted by atomic mass is 14.0. The molecule has 0 aliphatic carbocycles. The lowest BCUT2D eigenvalue weighted by Crippen LogP contribution is -1.93. The van der Waals surface area contributed by atoms with Crippen LogP contribution >= 0.6 is 0 Å². The second kappa shape index (κ2) is 7.39. The highest BCUT2D eigenvalue weighted by molar-refractivity contribution is 4.92. The molecule has 0 heteroatoms. The van der Waals surface area contributed by atoms with Crippen molar-refractivity contribution in [2.45, 2.75) is 53.4 Å². The summed E-state index contributed by atoms with van der Waals surface area (Å²) in [5, 5.41) is 0. The first-order valence-corrected chi connectivity index (χ1v) is 5.11. The standard InChI is InChI=1S/C12H23/c1-5-6-9-12(4)10-7-8-11(2)3/h6,8,12H,5,7,9-10H2,1-4H3. The van der Waals surface area contributed by atoms with E-state index in [1.165, 1.54) is 31.3 Å². The largest absolute Gasteiger partial charge is 0.0859 e. The molecule has 0 rings (SSSR count). The zero-order valence-corrected chi connectivity index (χ0v) is 9.06. The smallest absolute Gasteiger partial charge is 0.0346 e. The van der Waals surface area contributed by atoms with Crippen molar-refractivity contribution in [1.82, 2.24) is 0 Å². The van der Waals surface area contributed by atoms with E-state index in [2.05, 4.69) is 40.2 Å². The maximum atomic E-state index is 2.38. The molecule has 0 aliphatic heterocycles. The van der Waals surface area contributed by atoms with Crippen molar-refractivity contribution in [1.29, 1.82) is 0 Å². The van der Waals surface area contributed by atoms with Gasteiger partial charge < -0.3 is 0 Å². The van der Waals surface area contributed by atoms with Crippen LogP contribution in [0.15, 0.2) is 11.6 Å². The van der Waals surface area contributed by atoms with Gasteiger partial charge in [-0.15, -0.1) is 0 Å². The molecule has 0 heterocycles. The monoisotopic (exact) mass is 167 g/mol. The van der Waals surface area contributed by atoms with Crippen LogP contribution in [0.5, 0.6) is 0 Å². The normalized spacial score (nSPS) is 12.7. The molecule has 0 spiro atoms. The van der Waals surface area contributed by atoms with E-state index >= 15 is 0 Å². The number of rotatable bonds is 6. The molecule has 12 heavy (non-hydrogen) atoms. The molecule has 0 saturated carbocycles. The minimum absolute atomic E-state index is 0.862. The van der Waals surface area contributed by atoms with Gasteiger partial charge in [0.2, 0.25) is 0 Å². The Morgan fingerprint density at radius 1 is 1.33 bits per heavy atom. The number of unbranched alkanes of at least 4 members (excludes halogenated alkanes) is 1. The van der Waals surface area contributed by atoms with Gasteiger partial charge in [-0.1, -0.05) is 31.9 Å². The number of hydrogen-bond acceptors (Lipinski definition) is 0. The Morgan fingerprint density at radius 3 is 2.50 bits per heavy atom. The summed E-state index contributed by atoms with van der Waals surface area (Å²) in [4.78, 5) is 0. The maximum absolute atomic E-state index is 2.38. The minimum atomic E-state index is 0.862. The summed E-state index contributed by atoms with van der Waals surface area (Å²) in [6.07, 6.45) is 9.80. The van der Waals surface area contributed by atoms with E-state index in [0.717, 1.165) is 5.92 Å². The van der Waals surface area contributed by atoms with Crippen LogP contribution in [0.2, 0.25) is 0 Å². The van der Waals surface area contributed by atoms with Gasteiger partial charge in [-0.25, -0.2) is 0 Å². The Balaban J connectivity index is 3.31. The molecule has 1 radical (unpaired) electrons. The van der Waals surface area contributed by atoms with Gasteiger partial charge in [0.05, 0.1) is 0 Å². The van der Waals surface area contributed by atoms with Crippen molar-refractivity contribution < 1.29 is 0 Å². The molecule has 0 nitrogen and oxygen atoms in total. The molecule has 0 N–H and O–H groups in total. The van der Waals surface area contributed by atoms with Gasteiger partial charge >= 0.3 is 0 Å². The summed E-state index contributed by atoms with van der Waals surface area (Å²) in [7, 11) is 0. The molecule has 0 bridgehead atoms. The SMILES string of the molecule is CC[CH]CC(C)CCC=C(C)C. The fourth-order valence-electron chi connectivity index (χ4n) is 1.23. The highest BCUT2D eigenvalue weighted by Crippen LogP contribution is 2.13. The Labute approximate surface area is 78.1 Å². The Kier molecular flexibility index (Phi) is 7.23. The zero-order valence-electron chi connectivity index (χ0n) is 9.06. The van der Waals surface area contributed by atoms with E-state index in [1.807, 2.05) is 0 Å². The van der Waals surface area contributed by atoms with Crippen LogP contribution in [0.4, 0.5) is 0 Å². The first-order chi connectivity index (χ1) is 5.66. The summed E-state index contributed by atoms with van der Waals surface area (Å²) in [6, 6.07) is 0. The Bertz CT molecular complexity index is 118. The fraction of sp³-hybridized carbons (Fsp3) is 0.750. The molecule has 0 amide bonds. The predicted molar refractivity (Wildman–Crippen MR) is 57.0 cm³/mol. The van der Waals surface area contributed by atoms with Gasteiger partial charge in [0.25, 0.3) is 0 Å². The van der Waals surface area contributed by atoms with Crippen LogP contribution < -0.4 is 0 Å². The van der Waals surface area contributed by atoms with Crippen LogP contribution in [0.25, 0.3) is 0 Å². The average Bonchev–Trinajstić information content (AvgIpc) is 2.00. The summed E-state index contributed by atoms with van der Waals surface area (Å²) in [6.45, 7) is 8.89. The first kappa shape index (κ1) is 11.7. The van der Waals surface area contributed by atoms with Crippen molar-refractivity contribution >= 4 is 0 Å². The van der Waals surface area contributed by atoms with Gasteiger partial charge in [0.1, 0.15) is 0 Å². The van der Waals surface area contributed by atoms with Crippen molar-refractivity contribution in [2.24, 2.45) is 5.92 Å². The molecule has 71 valence electrons. The molecule has 0 saturated heterocycles. The summed E-state index contributed by atoms with van der Waals surface area (Å²) in [5.41, 5.74) is 1.45. The van der Waals surface area contributed by atoms with E-state index in [0.29, 0.717) is 0 Å². The molecule has 0 aromatic heterocycles. The van der Waals surface area contributed by atoms with Crippen LogP contribution in [-0.2, 0) is 0 Å². The van der Waals surface area contributed by atoms with E-state index < -0.39 is 0 Å². The predicted octanol–water partition coefficient (Wildman–Crippen LogP) is 4.37. The van der Waals surface area contributed by atoms with Crippen molar-refractivity contribution in [3.63, 3.8) is 0 Å². The molecular weight excluding hydrogens is 144 g/mol. The lowest BCUT2D eigenvalue weighted by atomic mass is 9.98. The molecule has 1 unspecified atom stereocenters. The molecular formula is C12H23. The minimum Gasteiger partial charge on any atom is -0.0859 e. The van der Waals surface area contributed by atoms with Crippen LogP contribution in [0.3, 0.4) is 0 Å².